The normalized spacial score (nSPS) is 22.7. The predicted molar refractivity (Wildman–Crippen MR) is 206 cm³/mol. The fourth-order valence-corrected chi connectivity index (χ4v) is 8.93. The minimum atomic E-state index is -0.700. The number of carbonyl (C=O) groups excluding carboxylic acids is 2. The van der Waals surface area contributed by atoms with Gasteiger partial charge in [0.15, 0.2) is 0 Å². The number of hydrogen-bond donors (Lipinski definition) is 4. The number of benzene rings is 3. The molecule has 5 unspecified atom stereocenters. The molecule has 4 aliphatic rings. The molecule has 9 rings (SSSR count). The summed E-state index contributed by atoms with van der Waals surface area (Å²) in [5, 5.41) is 8.47. The number of amides is 2. The number of aromatic nitrogens is 4. The summed E-state index contributed by atoms with van der Waals surface area (Å²) in [7, 11) is 3.08. The van der Waals surface area contributed by atoms with Crippen molar-refractivity contribution in [2.75, 3.05) is 27.4 Å². The molecule has 5 atom stereocenters. The highest BCUT2D eigenvalue weighted by atomic mass is 16.5. The van der Waals surface area contributed by atoms with Crippen LogP contribution in [-0.4, -0.2) is 76.3 Å². The second-order valence-corrected chi connectivity index (χ2v) is 16.0. The zero-order chi connectivity index (χ0) is 37.2. The smallest absolute Gasteiger partial charge is 0.407 e. The molecule has 1 saturated carbocycles. The zero-order valence-corrected chi connectivity index (χ0v) is 31.6. The number of rotatable bonds is 9. The Morgan fingerprint density at radius 2 is 1.85 bits per heavy atom. The van der Waals surface area contributed by atoms with E-state index in [2.05, 4.69) is 70.0 Å². The van der Waals surface area contributed by atoms with Gasteiger partial charge in [-0.15, -0.1) is 0 Å². The van der Waals surface area contributed by atoms with Gasteiger partial charge < -0.3 is 39.7 Å². The van der Waals surface area contributed by atoms with Gasteiger partial charge in [0.25, 0.3) is 0 Å². The molecule has 0 radical (unpaired) electrons. The van der Waals surface area contributed by atoms with Gasteiger partial charge in [-0.1, -0.05) is 32.0 Å². The van der Waals surface area contributed by atoms with Crippen LogP contribution in [0, 0.1) is 11.8 Å². The van der Waals surface area contributed by atoms with Crippen LogP contribution >= 0.6 is 0 Å². The fraction of sp³-hybridized carbons (Fsp3) is 0.476. The topological polar surface area (TPSA) is 146 Å². The summed E-state index contributed by atoms with van der Waals surface area (Å²) in [6.45, 7) is 8.08. The van der Waals surface area contributed by atoms with Gasteiger partial charge >= 0.3 is 6.09 Å². The number of imidazole rings is 2. The molecule has 3 aromatic carbocycles. The van der Waals surface area contributed by atoms with E-state index in [1.807, 2.05) is 18.7 Å². The monoisotopic (exact) mass is 731 g/mol. The standard InChI is InChI=1S/C42H49N7O5/c1-21(2)35(48-42(51)53-5)41(50)49-22(3)6-13-33(49)40-44-31-12-10-25-16-30-28-11-9-26(15-27(28)20-54-34(30)17-29(25)38(31)47-40)37-36(24-7-8-24)45-39(46-37)32-14-23(18-43-32)19-52-4/h9-12,15-17,21-24,32-33,35,43H,6-8,13-14,18-20H2,1-5H3,(H,44,47)(H,45,46)(H,48,51). The van der Waals surface area contributed by atoms with E-state index < -0.39 is 12.1 Å². The number of aromatic amines is 2. The third-order valence-corrected chi connectivity index (χ3v) is 12.0. The van der Waals surface area contributed by atoms with E-state index in [9.17, 15) is 9.59 Å². The van der Waals surface area contributed by atoms with Crippen molar-refractivity contribution in [3.8, 4) is 28.1 Å². The lowest BCUT2D eigenvalue weighted by Gasteiger charge is -2.32. The Hall–Kier alpha value is -4.94. The van der Waals surface area contributed by atoms with Gasteiger partial charge in [0.05, 0.1) is 42.5 Å². The molecule has 54 heavy (non-hydrogen) atoms. The molecule has 282 valence electrons. The van der Waals surface area contributed by atoms with Crippen molar-refractivity contribution < 1.29 is 23.8 Å². The van der Waals surface area contributed by atoms with E-state index in [0.29, 0.717) is 18.4 Å². The summed E-state index contributed by atoms with van der Waals surface area (Å²) >= 11 is 0. The van der Waals surface area contributed by atoms with Crippen LogP contribution in [0.2, 0.25) is 0 Å². The summed E-state index contributed by atoms with van der Waals surface area (Å²) in [5.74, 6) is 3.41. The highest BCUT2D eigenvalue weighted by Gasteiger charge is 2.41. The quantitative estimate of drug-likeness (QED) is 0.124. The Balaban J connectivity index is 1.01. The molecule has 2 amide bonds. The number of carbonyl (C=O) groups is 2. The molecule has 12 nitrogen and oxygen atoms in total. The first-order valence-electron chi connectivity index (χ1n) is 19.4. The van der Waals surface area contributed by atoms with Crippen LogP contribution in [0.15, 0.2) is 42.5 Å². The van der Waals surface area contributed by atoms with Crippen molar-refractivity contribution in [3.05, 3.63) is 65.4 Å². The van der Waals surface area contributed by atoms with Crippen molar-refractivity contribution in [1.29, 1.82) is 0 Å². The molecule has 5 aromatic rings. The molecule has 5 heterocycles. The van der Waals surface area contributed by atoms with Crippen LogP contribution in [-0.2, 0) is 20.9 Å². The molecule has 0 spiro atoms. The van der Waals surface area contributed by atoms with Crippen LogP contribution < -0.4 is 15.4 Å². The minimum Gasteiger partial charge on any atom is -0.488 e. The molecule has 4 N–H and O–H groups in total. The SMILES string of the molecule is COCC1CNC(c2nc(-c3ccc4c(c3)COc3cc5c(ccc6[nH]c(C7CCC(C)N7C(=O)C(NC(=O)OC)C(C)C)nc65)cc3-4)c(C3CC3)[nH]2)C1. The second kappa shape index (κ2) is 13.7. The number of ether oxygens (including phenoxy) is 3. The number of fused-ring (bicyclic) bond motifs is 6. The Kier molecular flexibility index (Phi) is 8.85. The lowest BCUT2D eigenvalue weighted by atomic mass is 9.92. The maximum absolute atomic E-state index is 13.9. The number of nitrogens with one attached hydrogen (secondary N) is 4. The van der Waals surface area contributed by atoms with Crippen molar-refractivity contribution >= 4 is 33.8 Å². The molecule has 3 aliphatic heterocycles. The van der Waals surface area contributed by atoms with Crippen molar-refractivity contribution in [2.45, 2.75) is 89.6 Å². The van der Waals surface area contributed by atoms with Gasteiger partial charge in [0.2, 0.25) is 5.91 Å². The first-order valence-corrected chi connectivity index (χ1v) is 19.4. The van der Waals surface area contributed by atoms with Crippen LogP contribution in [0.4, 0.5) is 4.79 Å². The molecule has 12 heteroatoms. The van der Waals surface area contributed by atoms with E-state index in [0.717, 1.165) is 94.0 Å². The number of alkyl carbamates (subject to hydrolysis) is 1. The highest BCUT2D eigenvalue weighted by Crippen LogP contribution is 2.47. The number of H-pyrrole nitrogens is 2. The van der Waals surface area contributed by atoms with Gasteiger partial charge in [0, 0.05) is 47.8 Å². The lowest BCUT2D eigenvalue weighted by molar-refractivity contribution is -0.137. The van der Waals surface area contributed by atoms with Crippen LogP contribution in [0.5, 0.6) is 5.75 Å². The second-order valence-electron chi connectivity index (χ2n) is 16.0. The van der Waals surface area contributed by atoms with Gasteiger partial charge in [0.1, 0.15) is 30.0 Å². The van der Waals surface area contributed by atoms with Gasteiger partial charge in [-0.05, 0) is 91.6 Å². The first kappa shape index (κ1) is 34.8. The highest BCUT2D eigenvalue weighted by molar-refractivity contribution is 6.07. The molecular formula is C42H49N7O5. The number of hydrogen-bond acceptors (Lipinski definition) is 8. The summed E-state index contributed by atoms with van der Waals surface area (Å²) in [6.07, 6.45) is 4.42. The van der Waals surface area contributed by atoms with E-state index in [-0.39, 0.29) is 30.0 Å². The van der Waals surface area contributed by atoms with E-state index >= 15 is 0 Å². The van der Waals surface area contributed by atoms with Gasteiger partial charge in [-0.25, -0.2) is 14.8 Å². The summed E-state index contributed by atoms with van der Waals surface area (Å²) < 4.78 is 16.7. The first-order chi connectivity index (χ1) is 26.2. The number of likely N-dealkylation sites (tertiary alicyclic amines) is 1. The summed E-state index contributed by atoms with van der Waals surface area (Å²) in [4.78, 5) is 45.6. The van der Waals surface area contributed by atoms with Crippen LogP contribution in [0.3, 0.4) is 0 Å². The number of methoxy groups -OCH3 is 2. The Labute approximate surface area is 314 Å². The number of nitrogens with zero attached hydrogens (tertiary/aromatic N) is 3. The largest absolute Gasteiger partial charge is 0.488 e. The lowest BCUT2D eigenvalue weighted by Crippen LogP contribution is -2.52. The maximum Gasteiger partial charge on any atom is 0.407 e. The van der Waals surface area contributed by atoms with Crippen molar-refractivity contribution in [2.24, 2.45) is 11.8 Å². The molecule has 1 aliphatic carbocycles. The third kappa shape index (κ3) is 6.09. The summed E-state index contributed by atoms with van der Waals surface area (Å²) in [5.41, 5.74) is 8.57. The average molecular weight is 732 g/mol. The average Bonchev–Trinajstić information content (AvgIpc) is 3.50. The van der Waals surface area contributed by atoms with Crippen molar-refractivity contribution in [1.82, 2.24) is 35.5 Å². The third-order valence-electron chi connectivity index (χ3n) is 12.0. The maximum atomic E-state index is 13.9. The van der Waals surface area contributed by atoms with Crippen LogP contribution in [0.25, 0.3) is 44.2 Å². The Morgan fingerprint density at radius 1 is 1.00 bits per heavy atom. The molecule has 3 fully saturated rings. The van der Waals surface area contributed by atoms with Gasteiger partial charge in [-0.2, -0.15) is 0 Å². The molecule has 0 bridgehead atoms. The molecule has 2 saturated heterocycles. The Bertz CT molecular complexity index is 2260. The fourth-order valence-electron chi connectivity index (χ4n) is 8.93. The zero-order valence-electron chi connectivity index (χ0n) is 31.6. The van der Waals surface area contributed by atoms with E-state index in [1.165, 1.54) is 31.2 Å². The minimum absolute atomic E-state index is 0.00248. The van der Waals surface area contributed by atoms with Crippen LogP contribution in [0.1, 0.15) is 93.8 Å². The van der Waals surface area contributed by atoms with E-state index in [4.69, 9.17) is 24.2 Å². The van der Waals surface area contributed by atoms with Gasteiger partial charge in [-0.3, -0.25) is 4.79 Å². The molecular weight excluding hydrogens is 683 g/mol. The van der Waals surface area contributed by atoms with Crippen molar-refractivity contribution in [3.63, 3.8) is 0 Å². The van der Waals surface area contributed by atoms with E-state index in [1.54, 1.807) is 7.11 Å². The summed E-state index contributed by atoms with van der Waals surface area (Å²) in [6, 6.07) is 14.5. The molecule has 2 aromatic heterocycles. The predicted octanol–water partition coefficient (Wildman–Crippen LogP) is 7.27. The Morgan fingerprint density at radius 3 is 2.63 bits per heavy atom.